The molecular formula is C24H24N8O5S4. The average Bonchev–Trinajstić information content (AvgIpc) is 3.59. The van der Waals surface area contributed by atoms with Crippen LogP contribution >= 0.6 is 46.2 Å². The molecular weight excluding hydrogens is 609 g/mol. The smallest absolute Gasteiger partial charge is 0.276 e. The minimum absolute atomic E-state index is 0.141. The number of rotatable bonds is 11. The van der Waals surface area contributed by atoms with Crippen molar-refractivity contribution in [3.63, 3.8) is 0 Å². The van der Waals surface area contributed by atoms with Crippen molar-refractivity contribution < 1.29 is 29.0 Å². The van der Waals surface area contributed by atoms with Crippen LogP contribution in [-0.2, 0) is 25.8 Å². The number of carbonyl (C=O) groups is 3. The minimum Gasteiger partial charge on any atom is -0.543 e. The first-order valence-corrected chi connectivity index (χ1v) is 15.8. The third kappa shape index (κ3) is 6.32. The monoisotopic (exact) mass is 632 g/mol. The van der Waals surface area contributed by atoms with Gasteiger partial charge in [0.25, 0.3) is 11.8 Å². The zero-order chi connectivity index (χ0) is 29.1. The number of nitrogen functional groups attached to an aromatic ring is 1. The van der Waals surface area contributed by atoms with Crippen LogP contribution in [0.2, 0.25) is 0 Å². The van der Waals surface area contributed by atoms with E-state index in [2.05, 4.69) is 25.9 Å². The van der Waals surface area contributed by atoms with Crippen LogP contribution in [0.1, 0.15) is 16.4 Å². The largest absolute Gasteiger partial charge is 0.543 e. The van der Waals surface area contributed by atoms with Gasteiger partial charge < -0.3 is 25.8 Å². The van der Waals surface area contributed by atoms with E-state index in [1.807, 2.05) is 41.5 Å². The van der Waals surface area contributed by atoms with Gasteiger partial charge in [-0.3, -0.25) is 14.5 Å². The summed E-state index contributed by atoms with van der Waals surface area (Å²) in [6.07, 6.45) is 3.74. The maximum Gasteiger partial charge on any atom is 0.276 e. The van der Waals surface area contributed by atoms with Gasteiger partial charge in [-0.05, 0) is 12.5 Å². The molecule has 0 aromatic carbocycles. The van der Waals surface area contributed by atoms with Crippen LogP contribution in [0.15, 0.2) is 56.6 Å². The highest BCUT2D eigenvalue weighted by Gasteiger charge is 2.53. The summed E-state index contributed by atoms with van der Waals surface area (Å²) < 4.78 is 1.82. The van der Waals surface area contributed by atoms with E-state index in [1.165, 1.54) is 35.5 Å². The number of nitrogens with zero attached hydrogens (tertiary/aromatic N) is 5. The van der Waals surface area contributed by atoms with Crippen molar-refractivity contribution in [1.29, 1.82) is 0 Å². The van der Waals surface area contributed by atoms with Gasteiger partial charge in [0.1, 0.15) is 30.8 Å². The van der Waals surface area contributed by atoms with Crippen LogP contribution in [0.3, 0.4) is 0 Å². The number of carboxylic acid groups (broad SMARTS) is 1. The lowest BCUT2D eigenvalue weighted by Crippen LogP contribution is -2.71. The number of aliphatic carboxylic acids is 1. The number of thioether (sulfide) groups is 2. The SMILES string of the molecule is CO/N=C(\C(=O)N[C@@H]1C(=O)N2C(C(=O)[O-])=C(CSc3cc[n+](NCc4csc(C)n4)cc3)CS[C@H]12)c1csc(N)n1. The van der Waals surface area contributed by atoms with Gasteiger partial charge >= 0.3 is 0 Å². The van der Waals surface area contributed by atoms with Crippen molar-refractivity contribution in [1.82, 2.24) is 20.2 Å². The molecule has 0 saturated carbocycles. The van der Waals surface area contributed by atoms with Crippen molar-refractivity contribution in [2.24, 2.45) is 5.16 Å². The van der Waals surface area contributed by atoms with Crippen LogP contribution in [0.5, 0.6) is 0 Å². The van der Waals surface area contributed by atoms with E-state index in [-0.39, 0.29) is 22.2 Å². The molecule has 3 aromatic rings. The van der Waals surface area contributed by atoms with Crippen molar-refractivity contribution >= 4 is 74.8 Å². The molecule has 17 heteroatoms. The third-order valence-corrected chi connectivity index (χ3v) is 9.94. The number of nitrogens with one attached hydrogen (secondary N) is 2. The number of hydrogen-bond acceptors (Lipinski definition) is 14. The Morgan fingerprint density at radius 3 is 2.71 bits per heavy atom. The Morgan fingerprint density at radius 1 is 1.29 bits per heavy atom. The summed E-state index contributed by atoms with van der Waals surface area (Å²) in [5, 5.41) is 22.7. The number of carbonyl (C=O) groups excluding carboxylic acids is 3. The Morgan fingerprint density at radius 2 is 2.07 bits per heavy atom. The normalized spacial score (nSPS) is 18.5. The minimum atomic E-state index is -1.43. The van der Waals surface area contributed by atoms with Crippen molar-refractivity contribution in [3.05, 3.63) is 63.0 Å². The number of thiazole rings is 2. The summed E-state index contributed by atoms with van der Waals surface area (Å²) in [5.41, 5.74) is 10.4. The first-order chi connectivity index (χ1) is 19.7. The topological polar surface area (TPSA) is 179 Å². The lowest BCUT2D eigenvalue weighted by atomic mass is 10.0. The van der Waals surface area contributed by atoms with Crippen LogP contribution < -0.4 is 26.3 Å². The molecule has 5 rings (SSSR count). The van der Waals surface area contributed by atoms with E-state index in [4.69, 9.17) is 10.6 Å². The van der Waals surface area contributed by atoms with Gasteiger partial charge in [-0.2, -0.15) is 5.43 Å². The van der Waals surface area contributed by atoms with Gasteiger partial charge in [0.15, 0.2) is 10.8 Å². The highest BCUT2D eigenvalue weighted by Crippen LogP contribution is 2.41. The molecule has 2 aliphatic heterocycles. The number of nitrogens with two attached hydrogens (primary N) is 1. The Bertz CT molecular complexity index is 1540. The highest BCUT2D eigenvalue weighted by molar-refractivity contribution is 8.01. The second-order valence-corrected chi connectivity index (χ2v) is 12.8. The molecule has 2 aliphatic rings. The van der Waals surface area contributed by atoms with E-state index in [0.29, 0.717) is 23.6 Å². The molecule has 5 heterocycles. The summed E-state index contributed by atoms with van der Waals surface area (Å²) >= 11 is 5.55. The number of carboxylic acids is 1. The average molecular weight is 633 g/mol. The number of hydrogen-bond donors (Lipinski definition) is 3. The fourth-order valence-electron chi connectivity index (χ4n) is 4.13. The lowest BCUT2D eigenvalue weighted by Gasteiger charge is -2.50. The van der Waals surface area contributed by atoms with Gasteiger partial charge in [-0.25, -0.2) is 9.97 Å². The van der Waals surface area contributed by atoms with E-state index in [9.17, 15) is 19.5 Å². The van der Waals surface area contributed by atoms with Crippen LogP contribution in [-0.4, -0.2) is 68.4 Å². The number of aromatic nitrogens is 3. The summed E-state index contributed by atoms with van der Waals surface area (Å²) in [6.45, 7) is 2.55. The molecule has 0 bridgehead atoms. The number of aryl methyl sites for hydroxylation is 1. The van der Waals surface area contributed by atoms with E-state index >= 15 is 0 Å². The van der Waals surface area contributed by atoms with Crippen LogP contribution in [0.4, 0.5) is 5.13 Å². The maximum atomic E-state index is 13.0. The molecule has 214 valence electrons. The fraction of sp³-hybridized carbons (Fsp3) is 0.292. The second kappa shape index (κ2) is 12.5. The second-order valence-electron chi connectivity index (χ2n) is 8.72. The first-order valence-electron chi connectivity index (χ1n) is 12.1. The van der Waals surface area contributed by atoms with Crippen molar-refractivity contribution in [2.75, 3.05) is 29.8 Å². The fourth-order valence-corrected chi connectivity index (χ4v) is 7.66. The Hall–Kier alpha value is -3.67. The Kier molecular flexibility index (Phi) is 8.77. The molecule has 0 unspecified atom stereocenters. The van der Waals surface area contributed by atoms with E-state index in [1.54, 1.807) is 16.7 Å². The molecule has 2 atom stereocenters. The molecule has 1 fully saturated rings. The molecule has 41 heavy (non-hydrogen) atoms. The number of anilines is 1. The van der Waals surface area contributed by atoms with Gasteiger partial charge in [-0.15, -0.1) is 46.2 Å². The predicted molar refractivity (Wildman–Crippen MR) is 154 cm³/mol. The summed E-state index contributed by atoms with van der Waals surface area (Å²) in [6, 6.07) is 2.88. The molecule has 2 amide bonds. The maximum absolute atomic E-state index is 13.0. The zero-order valence-electron chi connectivity index (χ0n) is 21.7. The zero-order valence-corrected chi connectivity index (χ0v) is 25.0. The van der Waals surface area contributed by atoms with Crippen LogP contribution in [0.25, 0.3) is 0 Å². The quantitative estimate of drug-likeness (QED) is 0.0856. The van der Waals surface area contributed by atoms with E-state index < -0.39 is 29.2 Å². The highest BCUT2D eigenvalue weighted by atomic mass is 32.2. The van der Waals surface area contributed by atoms with Gasteiger partial charge in [0.2, 0.25) is 12.4 Å². The summed E-state index contributed by atoms with van der Waals surface area (Å²) in [4.78, 5) is 53.4. The lowest BCUT2D eigenvalue weighted by molar-refractivity contribution is -0.652. The standard InChI is InChI=1S/C24H24N8O5S4/c1-12-27-14(10-38-12)7-26-31-5-3-15(4-6-31)39-8-13-9-40-22-18(21(34)32(22)19(13)23(35)36)29-20(33)17(30-37-2)16-11-41-24(25)28-16/h3-6,10-11,18,22,26H,7-9H2,1-2H3,(H3-,25,28,29,33,35,36)/b30-17-/t18-,22-/m1/s1. The molecule has 3 aromatic heterocycles. The number of oxime groups is 1. The predicted octanol–water partition coefficient (Wildman–Crippen LogP) is 0.0681. The summed E-state index contributed by atoms with van der Waals surface area (Å²) in [5.74, 6) is -1.95. The summed E-state index contributed by atoms with van der Waals surface area (Å²) in [7, 11) is 1.28. The van der Waals surface area contributed by atoms with E-state index in [0.717, 1.165) is 26.9 Å². The van der Waals surface area contributed by atoms with Crippen molar-refractivity contribution in [2.45, 2.75) is 29.8 Å². The molecule has 0 aliphatic carbocycles. The third-order valence-electron chi connectivity index (χ3n) is 6.01. The molecule has 0 spiro atoms. The van der Waals surface area contributed by atoms with Gasteiger partial charge in [0, 0.05) is 39.3 Å². The Balaban J connectivity index is 1.21. The number of β-lactam (4-membered cyclic amide) rings is 1. The van der Waals surface area contributed by atoms with Gasteiger partial charge in [0.05, 0.1) is 22.4 Å². The molecule has 13 nitrogen and oxygen atoms in total. The number of amides is 2. The Labute approximate surface area is 250 Å². The van der Waals surface area contributed by atoms with Gasteiger partial charge in [-0.1, -0.05) is 9.83 Å². The van der Waals surface area contributed by atoms with Crippen LogP contribution in [0, 0.1) is 6.92 Å². The number of pyridine rings is 1. The van der Waals surface area contributed by atoms with Crippen molar-refractivity contribution in [3.8, 4) is 0 Å². The first kappa shape index (κ1) is 28.8. The number of fused-ring (bicyclic) bond motifs is 1. The molecule has 0 radical (unpaired) electrons. The molecule has 4 N–H and O–H groups in total. The molecule has 1 saturated heterocycles.